The van der Waals surface area contributed by atoms with Crippen molar-refractivity contribution in [1.82, 2.24) is 0 Å². The van der Waals surface area contributed by atoms with Gasteiger partial charge in [-0.05, 0) is 17.2 Å². The highest BCUT2D eigenvalue weighted by Gasteiger charge is 2.26. The first kappa shape index (κ1) is 19.6. The van der Waals surface area contributed by atoms with E-state index >= 15 is 0 Å². The molecule has 0 aliphatic carbocycles. The van der Waals surface area contributed by atoms with Crippen LogP contribution in [0.2, 0.25) is 0 Å². The molecule has 2 aliphatic heterocycles. The van der Waals surface area contributed by atoms with Gasteiger partial charge in [0.05, 0.1) is 26.4 Å². The smallest absolute Gasteiger partial charge is 0.119 e. The SMILES string of the molecule is C(OCC1CO1)C1CO1.Oc1ccccc1C(c1ccccc1)c1ccccc1. The van der Waals surface area contributed by atoms with Gasteiger partial charge in [0, 0.05) is 11.5 Å². The molecule has 0 saturated carbocycles. The average Bonchev–Trinajstić information content (AvgIpc) is 3.68. The summed E-state index contributed by atoms with van der Waals surface area (Å²) in [5.74, 6) is 0.392. The van der Waals surface area contributed by atoms with Crippen molar-refractivity contribution in [3.63, 3.8) is 0 Å². The van der Waals surface area contributed by atoms with Gasteiger partial charge in [-0.2, -0.15) is 0 Å². The highest BCUT2D eigenvalue weighted by Crippen LogP contribution is 2.36. The molecule has 0 radical (unpaired) electrons. The predicted molar refractivity (Wildman–Crippen MR) is 112 cm³/mol. The Bertz CT molecular complexity index is 822. The normalized spacial score (nSPS) is 19.3. The Morgan fingerprint density at radius 2 is 1.17 bits per heavy atom. The molecule has 2 heterocycles. The molecular weight excluding hydrogens is 364 g/mol. The molecule has 2 aliphatic rings. The predicted octanol–water partition coefficient (Wildman–Crippen LogP) is 4.37. The minimum atomic E-state index is 0.0543. The fraction of sp³-hybridized carbons (Fsp3) is 0.280. The summed E-state index contributed by atoms with van der Waals surface area (Å²) in [6.07, 6.45) is 0.785. The molecule has 4 nitrogen and oxygen atoms in total. The fourth-order valence-electron chi connectivity index (χ4n) is 3.23. The van der Waals surface area contributed by atoms with E-state index < -0.39 is 0 Å². The van der Waals surface area contributed by atoms with Crippen molar-refractivity contribution in [3.05, 3.63) is 102 Å². The van der Waals surface area contributed by atoms with Crippen molar-refractivity contribution in [3.8, 4) is 5.75 Å². The van der Waals surface area contributed by atoms with E-state index in [-0.39, 0.29) is 5.92 Å². The number of para-hydroxylation sites is 1. The molecule has 4 heteroatoms. The van der Waals surface area contributed by atoms with Crippen molar-refractivity contribution in [2.75, 3.05) is 26.4 Å². The van der Waals surface area contributed by atoms with Gasteiger partial charge < -0.3 is 19.3 Å². The van der Waals surface area contributed by atoms with E-state index in [0.717, 1.165) is 32.0 Å². The van der Waals surface area contributed by atoms with Crippen LogP contribution >= 0.6 is 0 Å². The van der Waals surface area contributed by atoms with Crippen LogP contribution in [0.5, 0.6) is 5.75 Å². The number of phenols is 1. The van der Waals surface area contributed by atoms with Crippen molar-refractivity contribution in [2.24, 2.45) is 0 Å². The minimum absolute atomic E-state index is 0.0543. The molecule has 150 valence electrons. The first-order valence-electron chi connectivity index (χ1n) is 10.00. The Morgan fingerprint density at radius 1 is 0.724 bits per heavy atom. The van der Waals surface area contributed by atoms with E-state index in [0.29, 0.717) is 18.0 Å². The minimum Gasteiger partial charge on any atom is -0.508 e. The van der Waals surface area contributed by atoms with Crippen LogP contribution in [0.1, 0.15) is 22.6 Å². The number of epoxide rings is 2. The van der Waals surface area contributed by atoms with Gasteiger partial charge in [0.2, 0.25) is 0 Å². The summed E-state index contributed by atoms with van der Waals surface area (Å²) in [6, 6.07) is 28.1. The van der Waals surface area contributed by atoms with Crippen molar-refractivity contribution >= 4 is 0 Å². The maximum atomic E-state index is 10.2. The Labute approximate surface area is 171 Å². The van der Waals surface area contributed by atoms with E-state index in [4.69, 9.17) is 14.2 Å². The lowest BCUT2D eigenvalue weighted by molar-refractivity contribution is 0.102. The highest BCUT2D eigenvalue weighted by molar-refractivity contribution is 5.48. The zero-order valence-electron chi connectivity index (χ0n) is 16.3. The van der Waals surface area contributed by atoms with E-state index in [9.17, 15) is 5.11 Å². The van der Waals surface area contributed by atoms with E-state index in [1.165, 1.54) is 11.1 Å². The maximum Gasteiger partial charge on any atom is 0.119 e. The number of aromatic hydroxyl groups is 1. The molecule has 2 atom stereocenters. The molecule has 0 aromatic heterocycles. The fourth-order valence-corrected chi connectivity index (χ4v) is 3.23. The summed E-state index contributed by atoms with van der Waals surface area (Å²) in [4.78, 5) is 0. The summed E-state index contributed by atoms with van der Waals surface area (Å²) in [7, 11) is 0. The first-order chi connectivity index (χ1) is 14.3. The largest absolute Gasteiger partial charge is 0.508 e. The van der Waals surface area contributed by atoms with Crippen LogP contribution in [0, 0.1) is 0 Å². The molecule has 2 unspecified atom stereocenters. The Kier molecular flexibility index (Phi) is 6.57. The zero-order chi connectivity index (χ0) is 19.9. The average molecular weight is 390 g/mol. The van der Waals surface area contributed by atoms with Crippen LogP contribution in [0.3, 0.4) is 0 Å². The first-order valence-corrected chi connectivity index (χ1v) is 10.00. The van der Waals surface area contributed by atoms with E-state index in [1.54, 1.807) is 6.07 Å². The van der Waals surface area contributed by atoms with Crippen LogP contribution in [0.4, 0.5) is 0 Å². The molecule has 3 aromatic rings. The summed E-state index contributed by atoms with van der Waals surface area (Å²) in [6.45, 7) is 3.26. The second kappa shape index (κ2) is 9.70. The second-order valence-electron chi connectivity index (χ2n) is 7.26. The Balaban J connectivity index is 0.000000188. The summed E-state index contributed by atoms with van der Waals surface area (Å²) < 4.78 is 15.1. The van der Waals surface area contributed by atoms with Crippen LogP contribution in [-0.2, 0) is 14.2 Å². The molecule has 2 fully saturated rings. The van der Waals surface area contributed by atoms with Crippen LogP contribution in [-0.4, -0.2) is 43.7 Å². The van der Waals surface area contributed by atoms with Crippen LogP contribution in [0.15, 0.2) is 84.9 Å². The third-order valence-electron chi connectivity index (χ3n) is 4.93. The van der Waals surface area contributed by atoms with Crippen LogP contribution < -0.4 is 0 Å². The molecule has 0 amide bonds. The summed E-state index contributed by atoms with van der Waals surface area (Å²) in [5, 5.41) is 10.2. The topological polar surface area (TPSA) is 54.5 Å². The van der Waals surface area contributed by atoms with E-state index in [2.05, 4.69) is 24.3 Å². The van der Waals surface area contributed by atoms with Crippen molar-refractivity contribution in [1.29, 1.82) is 0 Å². The number of phenolic OH excluding ortho intramolecular Hbond substituents is 1. The number of hydrogen-bond donors (Lipinski definition) is 1. The second-order valence-corrected chi connectivity index (χ2v) is 7.26. The van der Waals surface area contributed by atoms with Crippen molar-refractivity contribution in [2.45, 2.75) is 18.1 Å². The van der Waals surface area contributed by atoms with Gasteiger partial charge in [0.25, 0.3) is 0 Å². The molecule has 2 saturated heterocycles. The molecule has 5 rings (SSSR count). The molecule has 3 aromatic carbocycles. The molecular formula is C25H26O4. The lowest BCUT2D eigenvalue weighted by Gasteiger charge is -2.19. The summed E-state index contributed by atoms with van der Waals surface area (Å²) >= 11 is 0. The standard InChI is InChI=1S/C19H16O.C6H10O3/c20-18-14-8-7-13-17(18)19(15-9-3-1-4-10-15)16-11-5-2-6-12-16;1(5-3-8-5)7-2-6-4-9-6/h1-14,19-20H;5-6H,1-4H2. The molecule has 0 bridgehead atoms. The van der Waals surface area contributed by atoms with Gasteiger partial charge >= 0.3 is 0 Å². The van der Waals surface area contributed by atoms with Gasteiger partial charge in [-0.1, -0.05) is 78.9 Å². The van der Waals surface area contributed by atoms with Gasteiger partial charge in [-0.3, -0.25) is 0 Å². The quantitative estimate of drug-likeness (QED) is 0.481. The lowest BCUT2D eigenvalue weighted by Crippen LogP contribution is -2.06. The molecule has 29 heavy (non-hydrogen) atoms. The molecule has 1 N–H and O–H groups in total. The molecule has 0 spiro atoms. The number of rotatable bonds is 7. The van der Waals surface area contributed by atoms with Gasteiger partial charge in [-0.25, -0.2) is 0 Å². The number of hydrogen-bond acceptors (Lipinski definition) is 4. The zero-order valence-corrected chi connectivity index (χ0v) is 16.3. The van der Waals surface area contributed by atoms with E-state index in [1.807, 2.05) is 54.6 Å². The Morgan fingerprint density at radius 3 is 1.62 bits per heavy atom. The number of benzene rings is 3. The Hall–Kier alpha value is -2.66. The maximum absolute atomic E-state index is 10.2. The lowest BCUT2D eigenvalue weighted by atomic mass is 9.85. The number of ether oxygens (including phenoxy) is 3. The van der Waals surface area contributed by atoms with Crippen LogP contribution in [0.25, 0.3) is 0 Å². The van der Waals surface area contributed by atoms with Gasteiger partial charge in [0.1, 0.15) is 18.0 Å². The third-order valence-corrected chi connectivity index (χ3v) is 4.93. The monoisotopic (exact) mass is 390 g/mol. The third kappa shape index (κ3) is 5.91. The summed E-state index contributed by atoms with van der Waals surface area (Å²) in [5.41, 5.74) is 3.30. The van der Waals surface area contributed by atoms with Gasteiger partial charge in [0.15, 0.2) is 0 Å². The van der Waals surface area contributed by atoms with Gasteiger partial charge in [-0.15, -0.1) is 0 Å². The highest BCUT2D eigenvalue weighted by atomic mass is 16.6. The van der Waals surface area contributed by atoms with Crippen molar-refractivity contribution < 1.29 is 19.3 Å².